The van der Waals surface area contributed by atoms with E-state index in [0.717, 1.165) is 31.5 Å². The molecule has 17 heavy (non-hydrogen) atoms. The normalized spacial score (nSPS) is 24.9. The van der Waals surface area contributed by atoms with E-state index in [1.807, 2.05) is 0 Å². The number of nitrogens with one attached hydrogen (secondary N) is 1. The Hall–Kier alpha value is -0.770. The molecule has 2 aliphatic heterocycles. The molecule has 0 aromatic carbocycles. The molecule has 1 atom stereocenters. The maximum atomic E-state index is 4.46. The van der Waals surface area contributed by atoms with Crippen LogP contribution in [0, 0.1) is 5.92 Å². The molecule has 4 heteroatoms. The van der Waals surface area contributed by atoms with Gasteiger partial charge in [-0.1, -0.05) is 6.92 Å². The van der Waals surface area contributed by atoms with Crippen molar-refractivity contribution in [2.24, 2.45) is 10.9 Å². The molecule has 0 bridgehead atoms. The van der Waals surface area contributed by atoms with E-state index in [1.165, 1.54) is 25.9 Å². The molecule has 0 spiro atoms. The Morgan fingerprint density at radius 2 is 2.06 bits per heavy atom. The predicted octanol–water partition coefficient (Wildman–Crippen LogP) is 0.998. The average Bonchev–Trinajstić information content (AvgIpc) is 2.73. The van der Waals surface area contributed by atoms with Crippen LogP contribution in [0.25, 0.3) is 0 Å². The fourth-order valence-corrected chi connectivity index (χ4v) is 2.56. The summed E-state index contributed by atoms with van der Waals surface area (Å²) >= 11 is 0. The van der Waals surface area contributed by atoms with E-state index < -0.39 is 0 Å². The highest BCUT2D eigenvalue weighted by atomic mass is 15.3. The molecule has 2 rings (SSSR count). The minimum Gasteiger partial charge on any atom is -0.355 e. The highest BCUT2D eigenvalue weighted by Crippen LogP contribution is 2.17. The summed E-state index contributed by atoms with van der Waals surface area (Å²) in [6.07, 6.45) is 2.70. The first-order chi connectivity index (χ1) is 8.16. The van der Waals surface area contributed by atoms with Crippen LogP contribution in [0.5, 0.6) is 0 Å². The summed E-state index contributed by atoms with van der Waals surface area (Å²) in [5.74, 6) is 1.99. The Bertz CT molecular complexity index is 269. The van der Waals surface area contributed by atoms with Crippen molar-refractivity contribution in [2.45, 2.75) is 32.7 Å². The fraction of sp³-hybridized carbons (Fsp3) is 0.923. The minimum absolute atomic E-state index is 0.610. The molecule has 98 valence electrons. The van der Waals surface area contributed by atoms with Gasteiger partial charge in [0.2, 0.25) is 0 Å². The first kappa shape index (κ1) is 12.7. The third kappa shape index (κ3) is 3.35. The van der Waals surface area contributed by atoms with Crippen LogP contribution in [0.15, 0.2) is 4.99 Å². The number of hydrogen-bond donors (Lipinski definition) is 1. The molecule has 0 amide bonds. The lowest BCUT2D eigenvalue weighted by Crippen LogP contribution is -2.47. The van der Waals surface area contributed by atoms with E-state index in [-0.39, 0.29) is 0 Å². The monoisotopic (exact) mass is 238 g/mol. The smallest absolute Gasteiger partial charge is 0.193 e. The van der Waals surface area contributed by atoms with Gasteiger partial charge in [-0.05, 0) is 38.8 Å². The fourth-order valence-electron chi connectivity index (χ4n) is 2.56. The Kier molecular flexibility index (Phi) is 4.26. The van der Waals surface area contributed by atoms with Crippen LogP contribution >= 0.6 is 0 Å². The highest BCUT2D eigenvalue weighted by molar-refractivity contribution is 5.81. The van der Waals surface area contributed by atoms with Gasteiger partial charge in [-0.2, -0.15) is 0 Å². The lowest BCUT2D eigenvalue weighted by atomic mass is 9.98. The zero-order valence-electron chi connectivity index (χ0n) is 11.4. The van der Waals surface area contributed by atoms with Crippen LogP contribution in [0.1, 0.15) is 26.7 Å². The van der Waals surface area contributed by atoms with Crippen molar-refractivity contribution in [3.8, 4) is 0 Å². The van der Waals surface area contributed by atoms with Gasteiger partial charge in [-0.15, -0.1) is 0 Å². The molecule has 0 saturated carbocycles. The van der Waals surface area contributed by atoms with Crippen LogP contribution in [0.2, 0.25) is 0 Å². The quantitative estimate of drug-likeness (QED) is 0.796. The van der Waals surface area contributed by atoms with E-state index in [2.05, 4.69) is 41.0 Å². The van der Waals surface area contributed by atoms with E-state index in [4.69, 9.17) is 0 Å². The van der Waals surface area contributed by atoms with Gasteiger partial charge in [0, 0.05) is 26.2 Å². The summed E-state index contributed by atoms with van der Waals surface area (Å²) in [6.45, 7) is 10.2. The zero-order chi connectivity index (χ0) is 12.3. The number of nitrogens with zero attached hydrogens (tertiary/aromatic N) is 3. The summed E-state index contributed by atoms with van der Waals surface area (Å²) in [5, 5.41) is 3.47. The molecule has 1 saturated heterocycles. The van der Waals surface area contributed by atoms with E-state index in [0.29, 0.717) is 6.04 Å². The Morgan fingerprint density at radius 1 is 1.35 bits per heavy atom. The maximum Gasteiger partial charge on any atom is 0.193 e. The molecule has 0 aromatic rings. The van der Waals surface area contributed by atoms with Crippen LogP contribution in [0.3, 0.4) is 0 Å². The van der Waals surface area contributed by atoms with Crippen LogP contribution in [-0.2, 0) is 0 Å². The van der Waals surface area contributed by atoms with Gasteiger partial charge >= 0.3 is 0 Å². The van der Waals surface area contributed by atoms with Crippen LogP contribution in [-0.4, -0.2) is 61.6 Å². The van der Waals surface area contributed by atoms with Crippen molar-refractivity contribution >= 4 is 5.96 Å². The molecule has 0 aromatic heterocycles. The summed E-state index contributed by atoms with van der Waals surface area (Å²) in [5.41, 5.74) is 0. The third-order valence-electron chi connectivity index (χ3n) is 4.06. The topological polar surface area (TPSA) is 30.9 Å². The Balaban J connectivity index is 1.72. The van der Waals surface area contributed by atoms with E-state index >= 15 is 0 Å². The molecule has 1 N–H and O–H groups in total. The number of likely N-dealkylation sites (N-methyl/N-ethyl adjacent to an activating group) is 1. The number of rotatable bonds is 3. The lowest BCUT2D eigenvalue weighted by Gasteiger charge is -2.35. The second-order valence-electron chi connectivity index (χ2n) is 5.58. The SMILES string of the molecule is CC1CCN(C(C)CNC2=NCCN2C)CC1. The van der Waals surface area contributed by atoms with E-state index in [9.17, 15) is 0 Å². The van der Waals surface area contributed by atoms with Crippen molar-refractivity contribution in [3.05, 3.63) is 0 Å². The molecule has 2 aliphatic rings. The number of guanidine groups is 1. The number of piperidine rings is 1. The predicted molar refractivity (Wildman–Crippen MR) is 72.4 cm³/mol. The number of likely N-dealkylation sites (tertiary alicyclic amines) is 1. The van der Waals surface area contributed by atoms with Gasteiger partial charge in [0.05, 0.1) is 6.54 Å². The standard InChI is InChI=1S/C13H26N4/c1-11-4-7-17(8-5-11)12(2)10-15-13-14-6-9-16(13)3/h11-12H,4-10H2,1-3H3,(H,14,15). The van der Waals surface area contributed by atoms with Crippen molar-refractivity contribution in [2.75, 3.05) is 39.8 Å². The molecule has 1 unspecified atom stereocenters. The van der Waals surface area contributed by atoms with Gasteiger partial charge in [0.1, 0.15) is 0 Å². The minimum atomic E-state index is 0.610. The van der Waals surface area contributed by atoms with Crippen molar-refractivity contribution in [1.82, 2.24) is 15.1 Å². The number of aliphatic imine (C=N–C) groups is 1. The molecular weight excluding hydrogens is 212 g/mol. The zero-order valence-corrected chi connectivity index (χ0v) is 11.4. The third-order valence-corrected chi connectivity index (χ3v) is 4.06. The lowest BCUT2D eigenvalue weighted by molar-refractivity contribution is 0.147. The number of hydrogen-bond acceptors (Lipinski definition) is 4. The first-order valence-corrected chi connectivity index (χ1v) is 6.90. The molecular formula is C13H26N4. The summed E-state index contributed by atoms with van der Waals surface area (Å²) in [7, 11) is 2.10. The summed E-state index contributed by atoms with van der Waals surface area (Å²) < 4.78 is 0. The van der Waals surface area contributed by atoms with Crippen molar-refractivity contribution < 1.29 is 0 Å². The molecule has 0 radical (unpaired) electrons. The van der Waals surface area contributed by atoms with Gasteiger partial charge in [-0.3, -0.25) is 9.89 Å². The van der Waals surface area contributed by atoms with Gasteiger partial charge in [0.15, 0.2) is 5.96 Å². The molecule has 2 heterocycles. The van der Waals surface area contributed by atoms with Crippen molar-refractivity contribution in [3.63, 3.8) is 0 Å². The second-order valence-corrected chi connectivity index (χ2v) is 5.58. The van der Waals surface area contributed by atoms with Crippen molar-refractivity contribution in [1.29, 1.82) is 0 Å². The maximum absolute atomic E-state index is 4.46. The van der Waals surface area contributed by atoms with Crippen LogP contribution in [0.4, 0.5) is 0 Å². The highest BCUT2D eigenvalue weighted by Gasteiger charge is 2.21. The van der Waals surface area contributed by atoms with Gasteiger partial charge in [-0.25, -0.2) is 0 Å². The van der Waals surface area contributed by atoms with Crippen LogP contribution < -0.4 is 5.32 Å². The largest absolute Gasteiger partial charge is 0.355 e. The van der Waals surface area contributed by atoms with Gasteiger partial charge in [0.25, 0.3) is 0 Å². The average molecular weight is 238 g/mol. The molecule has 0 aliphatic carbocycles. The second kappa shape index (κ2) is 5.71. The summed E-state index contributed by atoms with van der Waals surface area (Å²) in [4.78, 5) is 9.26. The molecule has 4 nitrogen and oxygen atoms in total. The van der Waals surface area contributed by atoms with Gasteiger partial charge < -0.3 is 10.2 Å². The van der Waals surface area contributed by atoms with E-state index in [1.54, 1.807) is 0 Å². The Morgan fingerprint density at radius 3 is 2.65 bits per heavy atom. The summed E-state index contributed by atoms with van der Waals surface area (Å²) in [6, 6.07) is 0.610. The first-order valence-electron chi connectivity index (χ1n) is 6.90. The Labute approximate surface area is 105 Å². The molecule has 1 fully saturated rings.